The summed E-state index contributed by atoms with van der Waals surface area (Å²) in [5.74, 6) is -0.164. The van der Waals surface area contributed by atoms with E-state index in [1.807, 2.05) is 17.9 Å². The Morgan fingerprint density at radius 2 is 1.90 bits per heavy atom. The van der Waals surface area contributed by atoms with Crippen LogP contribution in [0.5, 0.6) is 0 Å². The van der Waals surface area contributed by atoms with Crippen molar-refractivity contribution in [1.82, 2.24) is 0 Å². The van der Waals surface area contributed by atoms with Crippen LogP contribution in [0.2, 0.25) is 0 Å². The molecular weight excluding hydrogens is 250 g/mol. The third kappa shape index (κ3) is 1.31. The predicted molar refractivity (Wildman–Crippen MR) is 77.2 cm³/mol. The minimum absolute atomic E-state index is 0.0837. The molecule has 1 saturated carbocycles. The molecule has 3 nitrogen and oxygen atoms in total. The van der Waals surface area contributed by atoms with E-state index in [0.717, 1.165) is 30.5 Å². The standard InChI is InChI=1S/C17H19NO2/c1-10-7-12-11(2)9-17(5-3-4-6-17)18-14(12)13(8-10)15(19)16(18)20/h7-8,11H,3-6,9H2,1-2H3. The van der Waals surface area contributed by atoms with Crippen LogP contribution in [0.4, 0.5) is 5.69 Å². The summed E-state index contributed by atoms with van der Waals surface area (Å²) in [6.45, 7) is 4.24. The predicted octanol–water partition coefficient (Wildman–Crippen LogP) is 3.34. The summed E-state index contributed by atoms with van der Waals surface area (Å²) in [6, 6.07) is 4.05. The molecule has 0 N–H and O–H groups in total. The van der Waals surface area contributed by atoms with E-state index in [9.17, 15) is 9.59 Å². The van der Waals surface area contributed by atoms with Crippen molar-refractivity contribution in [3.63, 3.8) is 0 Å². The Bertz CT molecular complexity index is 641. The van der Waals surface area contributed by atoms with Crippen molar-refractivity contribution in [3.05, 3.63) is 28.8 Å². The topological polar surface area (TPSA) is 37.4 Å². The van der Waals surface area contributed by atoms with E-state index >= 15 is 0 Å². The van der Waals surface area contributed by atoms with Crippen LogP contribution in [0.25, 0.3) is 0 Å². The highest BCUT2D eigenvalue weighted by atomic mass is 16.2. The summed E-state index contributed by atoms with van der Waals surface area (Å²) in [5.41, 5.74) is 3.77. The molecule has 1 fully saturated rings. The van der Waals surface area contributed by atoms with Crippen LogP contribution in [-0.2, 0) is 4.79 Å². The fraction of sp³-hybridized carbons (Fsp3) is 0.529. The minimum atomic E-state index is -0.301. The van der Waals surface area contributed by atoms with Gasteiger partial charge in [-0.05, 0) is 49.3 Å². The number of anilines is 1. The summed E-state index contributed by atoms with van der Waals surface area (Å²) in [6.07, 6.45) is 5.43. The van der Waals surface area contributed by atoms with Crippen LogP contribution >= 0.6 is 0 Å². The molecule has 0 aromatic heterocycles. The second-order valence-corrected chi connectivity index (χ2v) is 6.76. The zero-order valence-electron chi connectivity index (χ0n) is 12.0. The van der Waals surface area contributed by atoms with Crippen molar-refractivity contribution in [2.24, 2.45) is 0 Å². The SMILES string of the molecule is Cc1cc2c3c(c1)C(C)CC1(CCCC1)N3C(=O)C2=O. The van der Waals surface area contributed by atoms with Crippen molar-refractivity contribution in [2.45, 2.75) is 57.4 Å². The summed E-state index contributed by atoms with van der Waals surface area (Å²) < 4.78 is 0. The minimum Gasteiger partial charge on any atom is -0.298 e. The molecule has 20 heavy (non-hydrogen) atoms. The van der Waals surface area contributed by atoms with Crippen molar-refractivity contribution < 1.29 is 9.59 Å². The maximum absolute atomic E-state index is 12.5. The quantitative estimate of drug-likeness (QED) is 0.677. The van der Waals surface area contributed by atoms with Gasteiger partial charge in [0.1, 0.15) is 0 Å². The highest BCUT2D eigenvalue weighted by Crippen LogP contribution is 2.54. The van der Waals surface area contributed by atoms with Gasteiger partial charge >= 0.3 is 0 Å². The second kappa shape index (κ2) is 3.72. The molecule has 1 aliphatic carbocycles. The van der Waals surface area contributed by atoms with Crippen LogP contribution in [-0.4, -0.2) is 17.2 Å². The van der Waals surface area contributed by atoms with Crippen molar-refractivity contribution in [2.75, 3.05) is 4.90 Å². The van der Waals surface area contributed by atoms with Crippen LogP contribution in [0.1, 0.15) is 66.4 Å². The van der Waals surface area contributed by atoms with Gasteiger partial charge in [-0.2, -0.15) is 0 Å². The lowest BCUT2D eigenvalue weighted by Gasteiger charge is -2.45. The van der Waals surface area contributed by atoms with Crippen LogP contribution in [0.15, 0.2) is 12.1 Å². The number of amides is 1. The average Bonchev–Trinajstić information content (AvgIpc) is 2.95. The fourth-order valence-corrected chi connectivity index (χ4v) is 4.61. The molecule has 0 saturated heterocycles. The molecule has 2 aliphatic heterocycles. The molecule has 1 unspecified atom stereocenters. The first-order valence-corrected chi connectivity index (χ1v) is 7.57. The normalized spacial score (nSPS) is 26.5. The van der Waals surface area contributed by atoms with Gasteiger partial charge in [-0.25, -0.2) is 0 Å². The second-order valence-electron chi connectivity index (χ2n) is 6.76. The fourth-order valence-electron chi connectivity index (χ4n) is 4.61. The molecule has 1 atom stereocenters. The maximum atomic E-state index is 12.5. The van der Waals surface area contributed by atoms with E-state index in [-0.39, 0.29) is 17.2 Å². The number of aryl methyl sites for hydroxylation is 1. The highest BCUT2D eigenvalue weighted by molar-refractivity contribution is 6.53. The third-order valence-electron chi connectivity index (χ3n) is 5.37. The lowest BCUT2D eigenvalue weighted by atomic mass is 9.77. The number of nitrogens with zero attached hydrogens (tertiary/aromatic N) is 1. The number of carbonyl (C=O) groups is 2. The van der Waals surface area contributed by atoms with E-state index in [1.165, 1.54) is 18.4 Å². The smallest absolute Gasteiger partial charge is 0.298 e. The summed E-state index contributed by atoms with van der Waals surface area (Å²) in [5, 5.41) is 0. The molecule has 104 valence electrons. The van der Waals surface area contributed by atoms with Gasteiger partial charge in [0.25, 0.3) is 11.7 Å². The Labute approximate surface area is 119 Å². The van der Waals surface area contributed by atoms with E-state index in [2.05, 4.69) is 13.0 Å². The number of fused-ring (bicyclic) bond motifs is 1. The molecule has 1 aromatic rings. The molecule has 3 aliphatic rings. The van der Waals surface area contributed by atoms with Gasteiger partial charge in [-0.3, -0.25) is 14.5 Å². The molecule has 0 radical (unpaired) electrons. The van der Waals surface area contributed by atoms with Gasteiger partial charge in [0.2, 0.25) is 0 Å². The molecule has 4 rings (SSSR count). The summed E-state index contributed by atoms with van der Waals surface area (Å²) >= 11 is 0. The summed E-state index contributed by atoms with van der Waals surface area (Å²) in [7, 11) is 0. The molecule has 2 heterocycles. The Kier molecular flexibility index (Phi) is 2.25. The number of benzene rings is 1. The molecule has 1 amide bonds. The first-order chi connectivity index (χ1) is 9.53. The van der Waals surface area contributed by atoms with E-state index in [4.69, 9.17) is 0 Å². The monoisotopic (exact) mass is 269 g/mol. The van der Waals surface area contributed by atoms with E-state index in [1.54, 1.807) is 0 Å². The molecule has 1 spiro atoms. The Morgan fingerprint density at radius 3 is 2.60 bits per heavy atom. The first kappa shape index (κ1) is 12.1. The lowest BCUT2D eigenvalue weighted by Crippen LogP contribution is -2.52. The Balaban J connectivity index is 2.01. The summed E-state index contributed by atoms with van der Waals surface area (Å²) in [4.78, 5) is 26.8. The van der Waals surface area contributed by atoms with Crippen molar-refractivity contribution in [3.8, 4) is 0 Å². The van der Waals surface area contributed by atoms with Crippen LogP contribution in [0.3, 0.4) is 0 Å². The number of hydrogen-bond acceptors (Lipinski definition) is 2. The Hall–Kier alpha value is -1.64. The van der Waals surface area contributed by atoms with Gasteiger partial charge in [-0.15, -0.1) is 0 Å². The van der Waals surface area contributed by atoms with Crippen molar-refractivity contribution in [1.29, 1.82) is 0 Å². The van der Waals surface area contributed by atoms with Crippen molar-refractivity contribution >= 4 is 17.4 Å². The Morgan fingerprint density at radius 1 is 1.20 bits per heavy atom. The number of ketones is 1. The molecule has 3 heteroatoms. The number of rotatable bonds is 0. The van der Waals surface area contributed by atoms with E-state index < -0.39 is 0 Å². The van der Waals surface area contributed by atoms with Gasteiger partial charge in [0, 0.05) is 5.54 Å². The van der Waals surface area contributed by atoms with E-state index in [0.29, 0.717) is 11.5 Å². The number of carbonyl (C=O) groups excluding carboxylic acids is 2. The zero-order valence-corrected chi connectivity index (χ0v) is 12.0. The third-order valence-corrected chi connectivity index (χ3v) is 5.37. The molecule has 0 bridgehead atoms. The van der Waals surface area contributed by atoms with Gasteiger partial charge in [-0.1, -0.05) is 25.8 Å². The molecular formula is C17H19NO2. The first-order valence-electron chi connectivity index (χ1n) is 7.57. The van der Waals surface area contributed by atoms with Gasteiger partial charge in [0.05, 0.1) is 11.3 Å². The largest absolute Gasteiger partial charge is 0.300 e. The van der Waals surface area contributed by atoms with Crippen LogP contribution in [0, 0.1) is 6.92 Å². The highest BCUT2D eigenvalue weighted by Gasteiger charge is 2.53. The van der Waals surface area contributed by atoms with Gasteiger partial charge in [0.15, 0.2) is 0 Å². The average molecular weight is 269 g/mol. The lowest BCUT2D eigenvalue weighted by molar-refractivity contribution is -0.115. The zero-order chi connectivity index (χ0) is 14.1. The maximum Gasteiger partial charge on any atom is 0.300 e. The van der Waals surface area contributed by atoms with Gasteiger partial charge < -0.3 is 0 Å². The number of hydrogen-bond donors (Lipinski definition) is 0. The molecule has 1 aromatic carbocycles. The number of Topliss-reactive ketones (excluding diaryl/α,β-unsaturated/α-hetero) is 1. The van der Waals surface area contributed by atoms with Crippen LogP contribution < -0.4 is 4.90 Å².